The van der Waals surface area contributed by atoms with Crippen molar-refractivity contribution < 1.29 is 39.3 Å². The first-order valence-electron chi connectivity index (χ1n) is 10.9. The number of hydrogen-bond acceptors (Lipinski definition) is 8. The van der Waals surface area contributed by atoms with Crippen LogP contribution < -0.4 is 27.4 Å². The molecule has 5 atom stereocenters. The molecule has 5 unspecified atom stereocenters. The van der Waals surface area contributed by atoms with E-state index in [9.17, 15) is 24.0 Å². The zero-order valence-electron chi connectivity index (χ0n) is 19.1. The standard InChI is InChI=1S/C20H37N5O8/c1-3-11(2)16(19(31)24-14(10-26)20(32)33)25-18(30)13(6-4-5-9-21)23-17(29)12(22)7-8-15(27)28/h11-14,16,26H,3-10,21-22H2,1-2H3,(H,23,29)(H,24,31)(H,25,30)(H,27,28)(H,32,33). The molecule has 13 heteroatoms. The molecule has 10 N–H and O–H groups in total. The van der Waals surface area contributed by atoms with Gasteiger partial charge in [-0.15, -0.1) is 0 Å². The number of aliphatic hydroxyl groups excluding tert-OH is 1. The minimum Gasteiger partial charge on any atom is -0.481 e. The molecule has 0 rings (SSSR count). The van der Waals surface area contributed by atoms with Gasteiger partial charge in [-0.05, 0) is 38.1 Å². The molecule has 0 aromatic carbocycles. The predicted octanol–water partition coefficient (Wildman–Crippen LogP) is -2.12. The second-order valence-corrected chi connectivity index (χ2v) is 7.84. The number of carbonyl (C=O) groups excluding carboxylic acids is 3. The lowest BCUT2D eigenvalue weighted by Gasteiger charge is -2.28. The maximum atomic E-state index is 12.9. The van der Waals surface area contributed by atoms with Crippen molar-refractivity contribution in [3.63, 3.8) is 0 Å². The molecule has 0 fully saturated rings. The Balaban J connectivity index is 5.44. The van der Waals surface area contributed by atoms with Gasteiger partial charge in [-0.25, -0.2) is 4.79 Å². The fraction of sp³-hybridized carbons (Fsp3) is 0.750. The summed E-state index contributed by atoms with van der Waals surface area (Å²) in [4.78, 5) is 59.8. The molecule has 0 saturated heterocycles. The van der Waals surface area contributed by atoms with E-state index in [0.717, 1.165) is 0 Å². The van der Waals surface area contributed by atoms with Gasteiger partial charge in [-0.1, -0.05) is 20.3 Å². The van der Waals surface area contributed by atoms with Crippen LogP contribution in [0.15, 0.2) is 0 Å². The zero-order chi connectivity index (χ0) is 25.6. The lowest BCUT2D eigenvalue weighted by Crippen LogP contribution is -2.59. The second-order valence-electron chi connectivity index (χ2n) is 7.84. The fourth-order valence-electron chi connectivity index (χ4n) is 2.85. The molecule has 0 saturated carbocycles. The van der Waals surface area contributed by atoms with Gasteiger partial charge in [0.1, 0.15) is 18.1 Å². The number of carbonyl (C=O) groups is 5. The molecule has 3 amide bonds. The van der Waals surface area contributed by atoms with E-state index in [2.05, 4.69) is 16.0 Å². The monoisotopic (exact) mass is 475 g/mol. The van der Waals surface area contributed by atoms with E-state index in [-0.39, 0.29) is 25.2 Å². The van der Waals surface area contributed by atoms with Crippen LogP contribution in [-0.4, -0.2) is 82.3 Å². The number of carboxylic acid groups (broad SMARTS) is 2. The average molecular weight is 476 g/mol. The van der Waals surface area contributed by atoms with E-state index < -0.39 is 60.4 Å². The summed E-state index contributed by atoms with van der Waals surface area (Å²) in [7, 11) is 0. The van der Waals surface area contributed by atoms with Crippen LogP contribution in [0.5, 0.6) is 0 Å². The van der Waals surface area contributed by atoms with Crippen molar-refractivity contribution in [3.8, 4) is 0 Å². The molecule has 0 heterocycles. The number of aliphatic hydroxyl groups is 1. The molecule has 0 bridgehead atoms. The molecule has 0 aromatic heterocycles. The lowest BCUT2D eigenvalue weighted by molar-refractivity contribution is -0.143. The van der Waals surface area contributed by atoms with Crippen LogP contribution >= 0.6 is 0 Å². The molecular weight excluding hydrogens is 438 g/mol. The predicted molar refractivity (Wildman–Crippen MR) is 118 cm³/mol. The van der Waals surface area contributed by atoms with Crippen molar-refractivity contribution in [1.29, 1.82) is 0 Å². The highest BCUT2D eigenvalue weighted by atomic mass is 16.4. The van der Waals surface area contributed by atoms with E-state index >= 15 is 0 Å². The minimum atomic E-state index is -1.53. The third kappa shape index (κ3) is 11.6. The van der Waals surface area contributed by atoms with Gasteiger partial charge >= 0.3 is 11.9 Å². The Morgan fingerprint density at radius 1 is 0.879 bits per heavy atom. The Morgan fingerprint density at radius 3 is 1.97 bits per heavy atom. The van der Waals surface area contributed by atoms with E-state index in [1.807, 2.05) is 0 Å². The van der Waals surface area contributed by atoms with Gasteiger partial charge in [0, 0.05) is 6.42 Å². The summed E-state index contributed by atoms with van der Waals surface area (Å²) in [6, 6.07) is -4.86. The van der Waals surface area contributed by atoms with E-state index in [1.54, 1.807) is 13.8 Å². The third-order valence-corrected chi connectivity index (χ3v) is 5.18. The van der Waals surface area contributed by atoms with Crippen LogP contribution in [0.25, 0.3) is 0 Å². The summed E-state index contributed by atoms with van der Waals surface area (Å²) in [5.74, 6) is -5.10. The first-order valence-corrected chi connectivity index (χ1v) is 10.9. The lowest BCUT2D eigenvalue weighted by atomic mass is 9.97. The maximum absolute atomic E-state index is 12.9. The van der Waals surface area contributed by atoms with Crippen molar-refractivity contribution in [1.82, 2.24) is 16.0 Å². The SMILES string of the molecule is CCC(C)C(NC(=O)C(CCCCN)NC(=O)C(N)CCC(=O)O)C(=O)NC(CO)C(=O)O. The number of nitrogens with two attached hydrogens (primary N) is 2. The summed E-state index contributed by atoms with van der Waals surface area (Å²) >= 11 is 0. The van der Waals surface area contributed by atoms with Crippen molar-refractivity contribution >= 4 is 29.7 Å². The first-order chi connectivity index (χ1) is 15.5. The molecule has 33 heavy (non-hydrogen) atoms. The summed E-state index contributed by atoms with van der Waals surface area (Å²) in [5, 5.41) is 34.2. The molecule has 13 nitrogen and oxygen atoms in total. The smallest absolute Gasteiger partial charge is 0.328 e. The van der Waals surface area contributed by atoms with Gasteiger partial charge in [-0.2, -0.15) is 0 Å². The van der Waals surface area contributed by atoms with Gasteiger partial charge in [0.25, 0.3) is 0 Å². The van der Waals surface area contributed by atoms with Gasteiger partial charge < -0.3 is 42.7 Å². The number of hydrogen-bond donors (Lipinski definition) is 8. The van der Waals surface area contributed by atoms with Gasteiger partial charge in [-0.3, -0.25) is 19.2 Å². The van der Waals surface area contributed by atoms with Crippen molar-refractivity contribution in [2.45, 2.75) is 76.5 Å². The minimum absolute atomic E-state index is 0.117. The molecule has 0 aliphatic heterocycles. The average Bonchev–Trinajstić information content (AvgIpc) is 2.77. The van der Waals surface area contributed by atoms with Crippen LogP contribution in [0.2, 0.25) is 0 Å². The number of unbranched alkanes of at least 4 members (excludes halogenated alkanes) is 1. The highest BCUT2D eigenvalue weighted by Crippen LogP contribution is 2.10. The summed E-state index contributed by atoms with van der Waals surface area (Å²) in [6.45, 7) is 3.01. The third-order valence-electron chi connectivity index (χ3n) is 5.18. The van der Waals surface area contributed by atoms with E-state index in [1.165, 1.54) is 0 Å². The van der Waals surface area contributed by atoms with Crippen LogP contribution in [0.4, 0.5) is 0 Å². The van der Waals surface area contributed by atoms with Crippen LogP contribution in [0.1, 0.15) is 52.4 Å². The highest BCUT2D eigenvalue weighted by Gasteiger charge is 2.32. The van der Waals surface area contributed by atoms with E-state index in [0.29, 0.717) is 25.8 Å². The number of nitrogens with one attached hydrogen (secondary N) is 3. The Hall–Kier alpha value is -2.77. The zero-order valence-corrected chi connectivity index (χ0v) is 19.1. The fourth-order valence-corrected chi connectivity index (χ4v) is 2.85. The molecular formula is C20H37N5O8. The summed E-state index contributed by atoms with van der Waals surface area (Å²) in [5.41, 5.74) is 11.2. The Labute approximate surface area is 192 Å². The topological polar surface area (TPSA) is 234 Å². The molecule has 190 valence electrons. The van der Waals surface area contributed by atoms with Gasteiger partial charge in [0.15, 0.2) is 0 Å². The Kier molecular flexibility index (Phi) is 14.6. The highest BCUT2D eigenvalue weighted by molar-refractivity contribution is 5.94. The molecule has 0 aromatic rings. The van der Waals surface area contributed by atoms with Crippen LogP contribution in [-0.2, 0) is 24.0 Å². The largest absolute Gasteiger partial charge is 0.481 e. The Morgan fingerprint density at radius 2 is 1.48 bits per heavy atom. The van der Waals surface area contributed by atoms with Crippen molar-refractivity contribution in [2.75, 3.05) is 13.2 Å². The van der Waals surface area contributed by atoms with Gasteiger partial charge in [0.05, 0.1) is 12.6 Å². The molecule has 0 spiro atoms. The molecule has 0 aliphatic rings. The van der Waals surface area contributed by atoms with Crippen LogP contribution in [0, 0.1) is 5.92 Å². The normalized spacial score (nSPS) is 15.4. The quantitative estimate of drug-likeness (QED) is 0.106. The number of carboxylic acids is 2. The second kappa shape index (κ2) is 15.9. The summed E-state index contributed by atoms with van der Waals surface area (Å²) < 4.78 is 0. The van der Waals surface area contributed by atoms with Crippen molar-refractivity contribution in [3.05, 3.63) is 0 Å². The van der Waals surface area contributed by atoms with Crippen LogP contribution in [0.3, 0.4) is 0 Å². The van der Waals surface area contributed by atoms with E-state index in [4.69, 9.17) is 26.8 Å². The molecule has 0 radical (unpaired) electrons. The number of aliphatic carboxylic acids is 2. The number of rotatable bonds is 17. The summed E-state index contributed by atoms with van der Waals surface area (Å²) in [6.07, 6.45) is 1.31. The first kappa shape index (κ1) is 30.2. The molecule has 0 aliphatic carbocycles. The number of amides is 3. The van der Waals surface area contributed by atoms with Crippen molar-refractivity contribution in [2.24, 2.45) is 17.4 Å². The van der Waals surface area contributed by atoms with Gasteiger partial charge in [0.2, 0.25) is 17.7 Å². The Bertz CT molecular complexity index is 675. The maximum Gasteiger partial charge on any atom is 0.328 e.